The molecule has 0 aliphatic heterocycles. The highest BCUT2D eigenvalue weighted by Crippen LogP contribution is 2.15. The number of nitrogens with one attached hydrogen (secondary N) is 1. The molecule has 1 N–H and O–H groups in total. The second-order valence-electron chi connectivity index (χ2n) is 5.78. The molecule has 0 saturated carbocycles. The Kier molecular flexibility index (Phi) is 7.63. The van der Waals surface area contributed by atoms with Crippen LogP contribution in [0.15, 0.2) is 24.3 Å². The third-order valence-electron chi connectivity index (χ3n) is 3.71. The lowest BCUT2D eigenvalue weighted by atomic mass is 10.0. The average molecular weight is 278 g/mol. The van der Waals surface area contributed by atoms with Crippen LogP contribution in [-0.4, -0.2) is 38.2 Å². The number of nitrogens with zero attached hydrogens (tertiary/aromatic N) is 1. The van der Waals surface area contributed by atoms with Gasteiger partial charge in [-0.2, -0.15) is 0 Å². The third kappa shape index (κ3) is 5.51. The molecule has 1 aromatic rings. The average Bonchev–Trinajstić information content (AvgIpc) is 2.44. The highest BCUT2D eigenvalue weighted by molar-refractivity contribution is 5.27. The Hall–Kier alpha value is -1.06. The van der Waals surface area contributed by atoms with Crippen molar-refractivity contribution in [3.05, 3.63) is 29.8 Å². The molecule has 3 heteroatoms. The molecular weight excluding hydrogens is 248 g/mol. The Morgan fingerprint density at radius 1 is 1.20 bits per heavy atom. The van der Waals surface area contributed by atoms with Crippen LogP contribution in [0.2, 0.25) is 0 Å². The first-order valence-electron chi connectivity index (χ1n) is 7.62. The van der Waals surface area contributed by atoms with Gasteiger partial charge in [0.1, 0.15) is 5.75 Å². The van der Waals surface area contributed by atoms with Crippen LogP contribution in [0.1, 0.15) is 32.8 Å². The van der Waals surface area contributed by atoms with Crippen LogP contribution in [0.4, 0.5) is 0 Å². The van der Waals surface area contributed by atoms with Crippen molar-refractivity contribution >= 4 is 0 Å². The lowest BCUT2D eigenvalue weighted by Crippen LogP contribution is -2.43. The van der Waals surface area contributed by atoms with E-state index in [-0.39, 0.29) is 0 Å². The van der Waals surface area contributed by atoms with Crippen LogP contribution in [0.3, 0.4) is 0 Å². The van der Waals surface area contributed by atoms with E-state index < -0.39 is 0 Å². The number of benzene rings is 1. The van der Waals surface area contributed by atoms with E-state index in [2.05, 4.69) is 50.2 Å². The lowest BCUT2D eigenvalue weighted by molar-refractivity contribution is 0.180. The molecular formula is C17H30N2O. The molecule has 0 fully saturated rings. The molecule has 0 aliphatic carbocycles. The minimum absolute atomic E-state index is 0.559. The normalized spacial score (nSPS) is 12.9. The minimum atomic E-state index is 0.559. The highest BCUT2D eigenvalue weighted by Gasteiger charge is 2.18. The van der Waals surface area contributed by atoms with E-state index in [1.54, 1.807) is 7.11 Å². The SMILES string of the molecule is CCCNCC(C(C)C)N(C)Cc1ccc(OC)cc1. The molecule has 114 valence electrons. The van der Waals surface area contributed by atoms with Crippen LogP contribution in [0, 0.1) is 5.92 Å². The highest BCUT2D eigenvalue weighted by atomic mass is 16.5. The van der Waals surface area contributed by atoms with E-state index in [1.165, 1.54) is 12.0 Å². The largest absolute Gasteiger partial charge is 0.497 e. The van der Waals surface area contributed by atoms with Crippen LogP contribution in [0.5, 0.6) is 5.75 Å². The van der Waals surface area contributed by atoms with Gasteiger partial charge in [-0.1, -0.05) is 32.9 Å². The summed E-state index contributed by atoms with van der Waals surface area (Å²) in [6.07, 6.45) is 1.19. The van der Waals surface area contributed by atoms with Crippen molar-refractivity contribution in [3.63, 3.8) is 0 Å². The molecule has 1 atom stereocenters. The van der Waals surface area contributed by atoms with Crippen LogP contribution >= 0.6 is 0 Å². The maximum Gasteiger partial charge on any atom is 0.118 e. The van der Waals surface area contributed by atoms with Gasteiger partial charge < -0.3 is 10.1 Å². The van der Waals surface area contributed by atoms with Gasteiger partial charge in [-0.05, 0) is 43.6 Å². The molecule has 0 amide bonds. The van der Waals surface area contributed by atoms with Gasteiger partial charge in [0.15, 0.2) is 0 Å². The Bertz CT molecular complexity index is 362. The molecule has 0 aromatic heterocycles. The predicted molar refractivity (Wildman–Crippen MR) is 86.2 cm³/mol. The van der Waals surface area contributed by atoms with Crippen molar-refractivity contribution in [1.29, 1.82) is 0 Å². The molecule has 0 heterocycles. The van der Waals surface area contributed by atoms with Crippen molar-refractivity contribution in [2.45, 2.75) is 39.8 Å². The molecule has 0 saturated heterocycles. The van der Waals surface area contributed by atoms with Crippen molar-refractivity contribution in [2.24, 2.45) is 5.92 Å². The molecule has 1 aromatic carbocycles. The predicted octanol–water partition coefficient (Wildman–Crippen LogP) is 3.15. The quantitative estimate of drug-likeness (QED) is 0.702. The molecule has 0 radical (unpaired) electrons. The third-order valence-corrected chi connectivity index (χ3v) is 3.71. The maximum absolute atomic E-state index is 5.20. The first-order valence-corrected chi connectivity index (χ1v) is 7.62. The summed E-state index contributed by atoms with van der Waals surface area (Å²) >= 11 is 0. The summed E-state index contributed by atoms with van der Waals surface area (Å²) in [7, 11) is 3.91. The van der Waals surface area contributed by atoms with Gasteiger partial charge in [-0.25, -0.2) is 0 Å². The number of methoxy groups -OCH3 is 1. The van der Waals surface area contributed by atoms with E-state index in [4.69, 9.17) is 4.74 Å². The van der Waals surface area contributed by atoms with Gasteiger partial charge in [0, 0.05) is 19.1 Å². The zero-order valence-electron chi connectivity index (χ0n) is 13.6. The molecule has 0 aliphatic rings. The maximum atomic E-state index is 5.20. The first kappa shape index (κ1) is 17.0. The first-order chi connectivity index (χ1) is 9.58. The van der Waals surface area contributed by atoms with Gasteiger partial charge in [0.2, 0.25) is 0 Å². The van der Waals surface area contributed by atoms with Crippen molar-refractivity contribution in [3.8, 4) is 5.75 Å². The number of rotatable bonds is 9. The lowest BCUT2D eigenvalue weighted by Gasteiger charge is -2.31. The zero-order valence-corrected chi connectivity index (χ0v) is 13.6. The van der Waals surface area contributed by atoms with Crippen molar-refractivity contribution < 1.29 is 4.74 Å². The number of ether oxygens (including phenoxy) is 1. The van der Waals surface area contributed by atoms with Crippen molar-refractivity contribution in [2.75, 3.05) is 27.2 Å². The fourth-order valence-corrected chi connectivity index (χ4v) is 2.46. The summed E-state index contributed by atoms with van der Waals surface area (Å²) in [5.41, 5.74) is 1.33. The summed E-state index contributed by atoms with van der Waals surface area (Å²) in [5, 5.41) is 3.54. The Balaban J connectivity index is 2.57. The number of hydrogen-bond acceptors (Lipinski definition) is 3. The summed E-state index contributed by atoms with van der Waals surface area (Å²) in [4.78, 5) is 2.44. The monoisotopic (exact) mass is 278 g/mol. The number of hydrogen-bond donors (Lipinski definition) is 1. The van der Waals surface area contributed by atoms with Gasteiger partial charge in [0.05, 0.1) is 7.11 Å². The molecule has 0 spiro atoms. The van der Waals surface area contributed by atoms with Gasteiger partial charge in [-0.3, -0.25) is 4.90 Å². The van der Waals surface area contributed by atoms with Gasteiger partial charge in [-0.15, -0.1) is 0 Å². The minimum Gasteiger partial charge on any atom is -0.497 e. The van der Waals surface area contributed by atoms with Crippen LogP contribution in [-0.2, 0) is 6.54 Å². The Labute approximate surface area is 124 Å². The summed E-state index contributed by atoms with van der Waals surface area (Å²) in [5.74, 6) is 1.56. The molecule has 0 bridgehead atoms. The summed E-state index contributed by atoms with van der Waals surface area (Å²) in [6, 6.07) is 8.91. The fourth-order valence-electron chi connectivity index (χ4n) is 2.46. The molecule has 3 nitrogen and oxygen atoms in total. The number of likely N-dealkylation sites (N-methyl/N-ethyl adjacent to an activating group) is 1. The van der Waals surface area contributed by atoms with E-state index in [9.17, 15) is 0 Å². The second kappa shape index (κ2) is 8.98. The van der Waals surface area contributed by atoms with E-state index in [0.29, 0.717) is 12.0 Å². The standard InChI is InChI=1S/C17H30N2O/c1-6-11-18-12-17(14(2)3)19(4)13-15-7-9-16(20-5)10-8-15/h7-10,14,17-18H,6,11-13H2,1-5H3. The van der Waals surface area contributed by atoms with Crippen molar-refractivity contribution in [1.82, 2.24) is 10.2 Å². The summed E-state index contributed by atoms with van der Waals surface area (Å²) < 4.78 is 5.20. The Morgan fingerprint density at radius 3 is 2.35 bits per heavy atom. The topological polar surface area (TPSA) is 24.5 Å². The van der Waals surface area contributed by atoms with Gasteiger partial charge >= 0.3 is 0 Å². The molecule has 1 rings (SSSR count). The van der Waals surface area contributed by atoms with E-state index in [0.717, 1.165) is 25.4 Å². The second-order valence-corrected chi connectivity index (χ2v) is 5.78. The van der Waals surface area contributed by atoms with Crippen LogP contribution in [0.25, 0.3) is 0 Å². The summed E-state index contributed by atoms with van der Waals surface area (Å²) in [6.45, 7) is 9.92. The van der Waals surface area contributed by atoms with Crippen LogP contribution < -0.4 is 10.1 Å². The smallest absolute Gasteiger partial charge is 0.118 e. The Morgan fingerprint density at radius 2 is 1.85 bits per heavy atom. The van der Waals surface area contributed by atoms with E-state index >= 15 is 0 Å². The van der Waals surface area contributed by atoms with Gasteiger partial charge in [0.25, 0.3) is 0 Å². The van der Waals surface area contributed by atoms with E-state index in [1.807, 2.05) is 12.1 Å². The fraction of sp³-hybridized carbons (Fsp3) is 0.647. The zero-order chi connectivity index (χ0) is 15.0. The molecule has 20 heavy (non-hydrogen) atoms. The molecule has 1 unspecified atom stereocenters.